The maximum atomic E-state index is 14.0. The molecule has 1 aliphatic rings. The van der Waals surface area contributed by atoms with Gasteiger partial charge in [-0.25, -0.2) is 14.2 Å². The Morgan fingerprint density at radius 1 is 1.09 bits per heavy atom. The predicted molar refractivity (Wildman–Crippen MR) is 126 cm³/mol. The second kappa shape index (κ2) is 11.6. The third kappa shape index (κ3) is 6.09. The van der Waals surface area contributed by atoms with E-state index in [1.54, 1.807) is 30.0 Å². The van der Waals surface area contributed by atoms with Crippen LogP contribution in [0.3, 0.4) is 0 Å². The van der Waals surface area contributed by atoms with Gasteiger partial charge in [-0.2, -0.15) is 0 Å². The van der Waals surface area contributed by atoms with E-state index >= 15 is 0 Å². The Kier molecular flexibility index (Phi) is 8.56. The Hall–Kier alpha value is -3.49. The van der Waals surface area contributed by atoms with E-state index in [2.05, 4.69) is 15.2 Å². The van der Waals surface area contributed by atoms with Crippen molar-refractivity contribution in [3.05, 3.63) is 59.5 Å². The highest BCUT2D eigenvalue weighted by Crippen LogP contribution is 2.17. The Bertz CT molecular complexity index is 1010. The molecule has 1 saturated heterocycles. The quantitative estimate of drug-likeness (QED) is 0.626. The molecule has 1 N–H and O–H groups in total. The van der Waals surface area contributed by atoms with Crippen molar-refractivity contribution in [2.24, 2.45) is 5.92 Å². The summed E-state index contributed by atoms with van der Waals surface area (Å²) in [7, 11) is 0. The number of nitrogens with one attached hydrogen (secondary N) is 1. The number of carbonyl (C=O) groups excluding carboxylic acids is 3. The lowest BCUT2D eigenvalue weighted by atomic mass is 10.0. The topological polar surface area (TPSA) is 91.8 Å². The van der Waals surface area contributed by atoms with Crippen LogP contribution < -0.4 is 10.2 Å². The first-order valence-electron chi connectivity index (χ1n) is 11.5. The molecule has 9 heteroatoms. The Morgan fingerprint density at radius 3 is 2.50 bits per heavy atom. The van der Waals surface area contributed by atoms with Crippen molar-refractivity contribution < 1.29 is 23.5 Å². The van der Waals surface area contributed by atoms with Crippen LogP contribution in [0.2, 0.25) is 0 Å². The monoisotopic (exact) mass is 470 g/mol. The van der Waals surface area contributed by atoms with Crippen molar-refractivity contribution in [2.75, 3.05) is 37.7 Å². The number of benzene rings is 1. The van der Waals surface area contributed by atoms with Crippen LogP contribution in [0.5, 0.6) is 0 Å². The minimum absolute atomic E-state index is 0.0830. The molecular weight excluding hydrogens is 439 g/mol. The minimum atomic E-state index is -0.763. The van der Waals surface area contributed by atoms with E-state index in [4.69, 9.17) is 4.74 Å². The average molecular weight is 471 g/mol. The predicted octanol–water partition coefficient (Wildman–Crippen LogP) is 2.89. The van der Waals surface area contributed by atoms with Crippen LogP contribution in [0, 0.1) is 11.7 Å². The van der Waals surface area contributed by atoms with Crippen LogP contribution in [0.4, 0.5) is 10.2 Å². The zero-order chi connectivity index (χ0) is 24.7. The molecular formula is C25H31FN4O4. The van der Waals surface area contributed by atoms with Gasteiger partial charge in [-0.1, -0.05) is 26.0 Å². The van der Waals surface area contributed by atoms with Crippen LogP contribution in [0.1, 0.15) is 47.9 Å². The molecule has 1 aliphatic heterocycles. The van der Waals surface area contributed by atoms with Gasteiger partial charge in [0.05, 0.1) is 17.7 Å². The molecule has 2 aromatic rings. The second-order valence-corrected chi connectivity index (χ2v) is 8.47. The van der Waals surface area contributed by atoms with Gasteiger partial charge in [-0.15, -0.1) is 0 Å². The summed E-state index contributed by atoms with van der Waals surface area (Å²) in [6, 6.07) is 8.41. The third-order valence-electron chi connectivity index (χ3n) is 5.73. The summed E-state index contributed by atoms with van der Waals surface area (Å²) in [5, 5.41) is 2.72. The summed E-state index contributed by atoms with van der Waals surface area (Å²) < 4.78 is 19.0. The van der Waals surface area contributed by atoms with E-state index in [1.807, 2.05) is 13.8 Å². The first-order chi connectivity index (χ1) is 16.3. The molecule has 1 aromatic heterocycles. The zero-order valence-corrected chi connectivity index (χ0v) is 19.8. The summed E-state index contributed by atoms with van der Waals surface area (Å²) in [6.07, 6.45) is 2.22. The van der Waals surface area contributed by atoms with E-state index in [1.165, 1.54) is 24.4 Å². The summed E-state index contributed by atoms with van der Waals surface area (Å²) in [6.45, 7) is 8.00. The standard InChI is InChI=1S/C25H31FN4O4/c1-4-34-25(33)18-10-11-21(27-16-18)29-12-7-13-30(15-14-29)24(32)22(17(2)3)28-23(31)19-8-5-6-9-20(19)26/h5-6,8-11,16-17,22H,4,7,12-15H2,1-3H3,(H,28,31). The molecule has 3 rings (SSSR count). The van der Waals surface area contributed by atoms with E-state index < -0.39 is 23.7 Å². The van der Waals surface area contributed by atoms with Crippen LogP contribution in [-0.4, -0.2) is 66.5 Å². The second-order valence-electron chi connectivity index (χ2n) is 8.47. The van der Waals surface area contributed by atoms with Crippen molar-refractivity contribution in [3.63, 3.8) is 0 Å². The van der Waals surface area contributed by atoms with Crippen LogP contribution >= 0.6 is 0 Å². The lowest BCUT2D eigenvalue weighted by Crippen LogP contribution is -2.52. The van der Waals surface area contributed by atoms with Crippen molar-refractivity contribution in [3.8, 4) is 0 Å². The van der Waals surface area contributed by atoms with Gasteiger partial charge in [0.1, 0.15) is 17.7 Å². The maximum absolute atomic E-state index is 14.0. The van der Waals surface area contributed by atoms with Gasteiger partial charge >= 0.3 is 5.97 Å². The summed E-state index contributed by atoms with van der Waals surface area (Å²) in [5.74, 6) is -1.27. The number of ether oxygens (including phenoxy) is 1. The molecule has 0 saturated carbocycles. The number of esters is 1. The molecule has 2 heterocycles. The molecule has 0 radical (unpaired) electrons. The highest BCUT2D eigenvalue weighted by atomic mass is 19.1. The molecule has 1 aromatic carbocycles. The minimum Gasteiger partial charge on any atom is -0.462 e. The number of hydrogen-bond acceptors (Lipinski definition) is 6. The van der Waals surface area contributed by atoms with E-state index in [-0.39, 0.29) is 17.4 Å². The van der Waals surface area contributed by atoms with Gasteiger partial charge in [-0.05, 0) is 43.5 Å². The van der Waals surface area contributed by atoms with Gasteiger partial charge in [0.2, 0.25) is 5.91 Å². The largest absolute Gasteiger partial charge is 0.462 e. The van der Waals surface area contributed by atoms with Crippen LogP contribution in [0.15, 0.2) is 42.6 Å². The van der Waals surface area contributed by atoms with Crippen LogP contribution in [0.25, 0.3) is 0 Å². The lowest BCUT2D eigenvalue weighted by Gasteiger charge is -2.29. The van der Waals surface area contributed by atoms with E-state index in [0.717, 1.165) is 12.2 Å². The van der Waals surface area contributed by atoms with E-state index in [9.17, 15) is 18.8 Å². The maximum Gasteiger partial charge on any atom is 0.339 e. The number of pyridine rings is 1. The fourth-order valence-corrected chi connectivity index (χ4v) is 3.85. The molecule has 2 amide bonds. The molecule has 182 valence electrons. The Balaban J connectivity index is 1.64. The molecule has 0 aliphatic carbocycles. The normalized spacial score (nSPS) is 15.0. The molecule has 1 fully saturated rings. The number of hydrogen-bond donors (Lipinski definition) is 1. The SMILES string of the molecule is CCOC(=O)c1ccc(N2CCCN(C(=O)C(NC(=O)c3ccccc3F)C(C)C)CC2)nc1. The van der Waals surface area contributed by atoms with Crippen molar-refractivity contribution in [1.29, 1.82) is 0 Å². The number of carbonyl (C=O) groups is 3. The number of aromatic nitrogens is 1. The van der Waals surface area contributed by atoms with Crippen molar-refractivity contribution in [1.82, 2.24) is 15.2 Å². The Morgan fingerprint density at radius 2 is 1.85 bits per heavy atom. The van der Waals surface area contributed by atoms with E-state index in [0.29, 0.717) is 38.3 Å². The molecule has 8 nitrogen and oxygen atoms in total. The van der Waals surface area contributed by atoms with Gasteiger partial charge in [-0.3, -0.25) is 9.59 Å². The van der Waals surface area contributed by atoms with Gasteiger partial charge in [0.25, 0.3) is 5.91 Å². The first-order valence-corrected chi connectivity index (χ1v) is 11.5. The lowest BCUT2D eigenvalue weighted by molar-refractivity contribution is -0.134. The Labute approximate surface area is 199 Å². The number of rotatable bonds is 7. The average Bonchev–Trinajstić information content (AvgIpc) is 3.09. The number of nitrogens with zero attached hydrogens (tertiary/aromatic N) is 3. The number of halogens is 1. The fraction of sp³-hybridized carbons (Fsp3) is 0.440. The molecule has 0 bridgehead atoms. The summed E-state index contributed by atoms with van der Waals surface area (Å²) in [5.41, 5.74) is 0.308. The summed E-state index contributed by atoms with van der Waals surface area (Å²) >= 11 is 0. The number of anilines is 1. The smallest absolute Gasteiger partial charge is 0.339 e. The van der Waals surface area contributed by atoms with Gasteiger partial charge in [0.15, 0.2) is 0 Å². The van der Waals surface area contributed by atoms with Crippen molar-refractivity contribution in [2.45, 2.75) is 33.2 Å². The van der Waals surface area contributed by atoms with Crippen molar-refractivity contribution >= 4 is 23.6 Å². The summed E-state index contributed by atoms with van der Waals surface area (Å²) in [4.78, 5) is 45.9. The molecule has 1 atom stereocenters. The third-order valence-corrected chi connectivity index (χ3v) is 5.73. The number of amides is 2. The van der Waals surface area contributed by atoms with Crippen LogP contribution in [-0.2, 0) is 9.53 Å². The highest BCUT2D eigenvalue weighted by Gasteiger charge is 2.30. The fourth-order valence-electron chi connectivity index (χ4n) is 3.85. The molecule has 0 spiro atoms. The zero-order valence-electron chi connectivity index (χ0n) is 19.8. The molecule has 1 unspecified atom stereocenters. The van der Waals surface area contributed by atoms with Gasteiger partial charge < -0.3 is 19.9 Å². The molecule has 34 heavy (non-hydrogen) atoms. The highest BCUT2D eigenvalue weighted by molar-refractivity contribution is 5.97. The first kappa shape index (κ1) is 25.1. The van der Waals surface area contributed by atoms with Gasteiger partial charge in [0, 0.05) is 32.4 Å².